The molecule has 4 rings (SSSR count). The zero-order chi connectivity index (χ0) is 14.2. The molecular weight excluding hydrogens is 284 g/mol. The Balaban J connectivity index is 1.79. The lowest BCUT2D eigenvalue weighted by Crippen LogP contribution is -1.91. The highest BCUT2D eigenvalue weighted by Crippen LogP contribution is 2.23. The van der Waals surface area contributed by atoms with Gasteiger partial charge in [0.2, 0.25) is 0 Å². The van der Waals surface area contributed by atoms with Gasteiger partial charge in [-0.3, -0.25) is 9.67 Å². The maximum absolute atomic E-state index is 5.91. The average molecular weight is 295 g/mol. The summed E-state index contributed by atoms with van der Waals surface area (Å²) >= 11 is 5.91. The van der Waals surface area contributed by atoms with Crippen LogP contribution in [-0.2, 0) is 0 Å². The molecule has 2 aromatic heterocycles. The molecule has 0 saturated heterocycles. The van der Waals surface area contributed by atoms with Gasteiger partial charge >= 0.3 is 0 Å². The number of halogens is 1. The molecule has 5 heteroatoms. The zero-order valence-corrected chi connectivity index (χ0v) is 11.7. The lowest BCUT2D eigenvalue weighted by Gasteiger charge is -1.98. The summed E-state index contributed by atoms with van der Waals surface area (Å²) in [5.74, 6) is 0.814. The highest BCUT2D eigenvalue weighted by atomic mass is 35.5. The number of aromatic amines is 1. The minimum Gasteiger partial charge on any atom is -0.281 e. The topological polar surface area (TPSA) is 46.5 Å². The summed E-state index contributed by atoms with van der Waals surface area (Å²) in [7, 11) is 0. The van der Waals surface area contributed by atoms with E-state index in [2.05, 4.69) is 15.2 Å². The number of nitrogens with one attached hydrogen (secondary N) is 1. The van der Waals surface area contributed by atoms with Crippen LogP contribution in [0.15, 0.2) is 60.9 Å². The number of hydrogen-bond donors (Lipinski definition) is 1. The fourth-order valence-corrected chi connectivity index (χ4v) is 2.48. The van der Waals surface area contributed by atoms with E-state index in [1.807, 2.05) is 59.2 Å². The molecule has 0 unspecified atom stereocenters. The van der Waals surface area contributed by atoms with Gasteiger partial charge in [0.05, 0.1) is 16.7 Å². The van der Waals surface area contributed by atoms with Gasteiger partial charge in [-0.1, -0.05) is 35.9 Å². The highest BCUT2D eigenvalue weighted by Gasteiger charge is 2.08. The molecule has 4 aromatic rings. The number of nitrogens with zero attached hydrogens (tertiary/aromatic N) is 3. The largest absolute Gasteiger partial charge is 0.281 e. The number of aromatic nitrogens is 4. The Morgan fingerprint density at radius 3 is 2.67 bits per heavy atom. The van der Waals surface area contributed by atoms with Crippen LogP contribution in [0.5, 0.6) is 0 Å². The molecule has 0 atom stereocenters. The number of hydrogen-bond acceptors (Lipinski definition) is 2. The van der Waals surface area contributed by atoms with Crippen molar-refractivity contribution in [1.29, 1.82) is 0 Å². The standard InChI is InChI=1S/C16H11ClN4/c17-12-7-5-11(6-8-12)14-9-16(20-19-14)21-10-18-13-3-1-2-4-15(13)21/h1-10H,(H,19,20). The van der Waals surface area contributed by atoms with Crippen molar-refractivity contribution in [1.82, 2.24) is 19.7 Å². The van der Waals surface area contributed by atoms with E-state index in [1.54, 1.807) is 6.33 Å². The summed E-state index contributed by atoms with van der Waals surface area (Å²) in [6, 6.07) is 17.6. The quantitative estimate of drug-likeness (QED) is 0.606. The summed E-state index contributed by atoms with van der Waals surface area (Å²) in [5, 5.41) is 8.15. The first-order valence-electron chi connectivity index (χ1n) is 6.55. The molecule has 0 radical (unpaired) electrons. The Kier molecular flexibility index (Phi) is 2.75. The van der Waals surface area contributed by atoms with Gasteiger partial charge in [-0.2, -0.15) is 5.10 Å². The van der Waals surface area contributed by atoms with Crippen LogP contribution >= 0.6 is 11.6 Å². The maximum Gasteiger partial charge on any atom is 0.160 e. The Morgan fingerprint density at radius 2 is 1.81 bits per heavy atom. The van der Waals surface area contributed by atoms with Crippen molar-refractivity contribution in [2.24, 2.45) is 0 Å². The fourth-order valence-electron chi connectivity index (χ4n) is 2.35. The van der Waals surface area contributed by atoms with E-state index in [-0.39, 0.29) is 0 Å². The maximum atomic E-state index is 5.91. The number of para-hydroxylation sites is 2. The van der Waals surface area contributed by atoms with E-state index >= 15 is 0 Å². The van der Waals surface area contributed by atoms with Crippen molar-refractivity contribution >= 4 is 22.6 Å². The van der Waals surface area contributed by atoms with Crippen molar-refractivity contribution in [3.05, 3.63) is 65.9 Å². The van der Waals surface area contributed by atoms with E-state index < -0.39 is 0 Å². The summed E-state index contributed by atoms with van der Waals surface area (Å²) in [5.41, 5.74) is 3.97. The Labute approximate surface area is 126 Å². The van der Waals surface area contributed by atoms with Crippen molar-refractivity contribution in [2.45, 2.75) is 0 Å². The Morgan fingerprint density at radius 1 is 1.00 bits per heavy atom. The van der Waals surface area contributed by atoms with E-state index in [9.17, 15) is 0 Å². The van der Waals surface area contributed by atoms with Crippen molar-refractivity contribution < 1.29 is 0 Å². The number of rotatable bonds is 2. The fraction of sp³-hybridized carbons (Fsp3) is 0. The smallest absolute Gasteiger partial charge is 0.160 e. The predicted molar refractivity (Wildman–Crippen MR) is 83.7 cm³/mol. The van der Waals surface area contributed by atoms with Crippen LogP contribution < -0.4 is 0 Å². The minimum atomic E-state index is 0.721. The molecule has 4 nitrogen and oxygen atoms in total. The lowest BCUT2D eigenvalue weighted by molar-refractivity contribution is 0.977. The first-order chi connectivity index (χ1) is 10.3. The van der Waals surface area contributed by atoms with Crippen LogP contribution in [0.1, 0.15) is 0 Å². The molecule has 0 amide bonds. The first kappa shape index (κ1) is 12.2. The van der Waals surface area contributed by atoms with E-state index in [0.29, 0.717) is 0 Å². The van der Waals surface area contributed by atoms with Crippen LogP contribution in [0, 0.1) is 0 Å². The molecule has 2 aromatic carbocycles. The van der Waals surface area contributed by atoms with Crippen molar-refractivity contribution in [2.75, 3.05) is 0 Å². The van der Waals surface area contributed by atoms with E-state index in [1.165, 1.54) is 0 Å². The monoisotopic (exact) mass is 294 g/mol. The normalized spacial score (nSPS) is 11.1. The van der Waals surface area contributed by atoms with Gasteiger partial charge in [0.15, 0.2) is 5.82 Å². The summed E-state index contributed by atoms with van der Waals surface area (Å²) in [6.45, 7) is 0. The van der Waals surface area contributed by atoms with E-state index in [4.69, 9.17) is 11.6 Å². The minimum absolute atomic E-state index is 0.721. The Hall–Kier alpha value is -2.59. The third-order valence-corrected chi connectivity index (χ3v) is 3.67. The van der Waals surface area contributed by atoms with Crippen molar-refractivity contribution in [3.63, 3.8) is 0 Å². The SMILES string of the molecule is Clc1ccc(-c2cc(-n3cnc4ccccc43)n[nH]2)cc1. The zero-order valence-electron chi connectivity index (χ0n) is 11.0. The van der Waals surface area contributed by atoms with Crippen LogP contribution in [0.25, 0.3) is 28.1 Å². The van der Waals surface area contributed by atoms with Crippen LogP contribution in [0.3, 0.4) is 0 Å². The lowest BCUT2D eigenvalue weighted by atomic mass is 10.1. The second-order valence-corrected chi connectivity index (χ2v) is 5.19. The number of imidazole rings is 1. The molecule has 1 N–H and O–H groups in total. The van der Waals surface area contributed by atoms with Gasteiger partial charge < -0.3 is 0 Å². The summed E-state index contributed by atoms with van der Waals surface area (Å²) < 4.78 is 1.96. The molecule has 0 aliphatic heterocycles. The first-order valence-corrected chi connectivity index (χ1v) is 6.93. The second-order valence-electron chi connectivity index (χ2n) is 4.75. The molecule has 2 heterocycles. The van der Waals surface area contributed by atoms with Gasteiger partial charge in [0.1, 0.15) is 6.33 Å². The molecule has 0 aliphatic rings. The molecule has 0 spiro atoms. The van der Waals surface area contributed by atoms with Gasteiger partial charge in [-0.25, -0.2) is 4.98 Å². The van der Waals surface area contributed by atoms with Gasteiger partial charge in [0.25, 0.3) is 0 Å². The predicted octanol–water partition coefficient (Wildman–Crippen LogP) is 4.07. The third-order valence-electron chi connectivity index (χ3n) is 3.42. The number of H-pyrrole nitrogens is 1. The molecule has 0 saturated carbocycles. The van der Waals surface area contributed by atoms with Crippen LogP contribution in [-0.4, -0.2) is 19.7 Å². The number of benzene rings is 2. The second kappa shape index (κ2) is 4.75. The third kappa shape index (κ3) is 2.10. The highest BCUT2D eigenvalue weighted by molar-refractivity contribution is 6.30. The molecule has 0 fully saturated rings. The van der Waals surface area contributed by atoms with Gasteiger partial charge in [-0.15, -0.1) is 0 Å². The van der Waals surface area contributed by atoms with Crippen molar-refractivity contribution in [3.8, 4) is 17.1 Å². The molecule has 21 heavy (non-hydrogen) atoms. The number of fused-ring (bicyclic) bond motifs is 1. The molecule has 102 valence electrons. The summed E-state index contributed by atoms with van der Waals surface area (Å²) in [4.78, 5) is 4.38. The molecular formula is C16H11ClN4. The average Bonchev–Trinajstić information content (AvgIpc) is 3.14. The van der Waals surface area contributed by atoms with Crippen LogP contribution in [0.4, 0.5) is 0 Å². The van der Waals surface area contributed by atoms with Gasteiger partial charge in [0, 0.05) is 11.1 Å². The van der Waals surface area contributed by atoms with E-state index in [0.717, 1.165) is 33.1 Å². The summed E-state index contributed by atoms with van der Waals surface area (Å²) in [6.07, 6.45) is 1.78. The Bertz CT molecular complexity index is 905. The molecule has 0 bridgehead atoms. The van der Waals surface area contributed by atoms with Gasteiger partial charge in [-0.05, 0) is 29.8 Å². The van der Waals surface area contributed by atoms with Crippen LogP contribution in [0.2, 0.25) is 5.02 Å². The molecule has 0 aliphatic carbocycles.